The van der Waals surface area contributed by atoms with Crippen molar-refractivity contribution in [3.05, 3.63) is 23.8 Å². The first kappa shape index (κ1) is 15.2. The molecule has 1 saturated heterocycles. The molecule has 0 radical (unpaired) electrons. The average Bonchev–Trinajstić information content (AvgIpc) is 2.47. The topological polar surface area (TPSA) is 98.6 Å². The molecule has 2 unspecified atom stereocenters. The first-order valence-electron chi connectivity index (χ1n) is 6.98. The van der Waals surface area contributed by atoms with Gasteiger partial charge >= 0.3 is 0 Å². The molecule has 4 N–H and O–H groups in total. The van der Waals surface area contributed by atoms with Crippen LogP contribution in [0.2, 0.25) is 0 Å². The van der Waals surface area contributed by atoms with Gasteiger partial charge in [0, 0.05) is 12.6 Å². The number of primary amides is 1. The number of rotatable bonds is 3. The molecule has 1 aliphatic rings. The lowest BCUT2D eigenvalue weighted by atomic mass is 9.92. The Labute approximate surface area is 124 Å². The highest BCUT2D eigenvalue weighted by Crippen LogP contribution is 2.29. The van der Waals surface area contributed by atoms with Crippen LogP contribution in [0.1, 0.15) is 30.1 Å². The summed E-state index contributed by atoms with van der Waals surface area (Å²) in [5, 5.41) is 0. The fourth-order valence-electron chi connectivity index (χ4n) is 2.69. The Hall–Kier alpha value is -2.24. The minimum absolute atomic E-state index is 0.0544. The molecule has 6 nitrogen and oxygen atoms in total. The summed E-state index contributed by atoms with van der Waals surface area (Å²) in [5.74, 6) is -0.378. The van der Waals surface area contributed by atoms with Crippen molar-refractivity contribution in [1.29, 1.82) is 0 Å². The van der Waals surface area contributed by atoms with E-state index in [-0.39, 0.29) is 23.8 Å². The van der Waals surface area contributed by atoms with Crippen molar-refractivity contribution in [2.45, 2.75) is 25.8 Å². The second kappa shape index (κ2) is 6.03. The zero-order chi connectivity index (χ0) is 15.6. The molecule has 6 heteroatoms. The Morgan fingerprint density at radius 3 is 2.67 bits per heavy atom. The van der Waals surface area contributed by atoms with E-state index < -0.39 is 0 Å². The molecular formula is C15H21N3O3. The lowest BCUT2D eigenvalue weighted by molar-refractivity contribution is -0.123. The molecule has 0 aromatic heterocycles. The van der Waals surface area contributed by atoms with Gasteiger partial charge in [0.25, 0.3) is 5.91 Å². The standard InChI is InChI=1S/C15H21N3O3/c1-9-6-7-10(14(17)19)8-18(9)15(20)11-4-3-5-12(21-2)13(11)16/h3-5,9-10H,6-8,16H2,1-2H3,(H2,17,19). The largest absolute Gasteiger partial charge is 0.495 e. The van der Waals surface area contributed by atoms with Crippen molar-refractivity contribution >= 4 is 17.5 Å². The van der Waals surface area contributed by atoms with E-state index in [0.29, 0.717) is 30.0 Å². The van der Waals surface area contributed by atoms with Gasteiger partial charge in [-0.1, -0.05) is 6.07 Å². The Bertz CT molecular complexity index is 559. The van der Waals surface area contributed by atoms with Crippen LogP contribution in [0.5, 0.6) is 5.75 Å². The van der Waals surface area contributed by atoms with E-state index in [0.717, 1.165) is 6.42 Å². The van der Waals surface area contributed by atoms with E-state index >= 15 is 0 Å². The molecule has 1 heterocycles. The van der Waals surface area contributed by atoms with E-state index in [1.165, 1.54) is 7.11 Å². The van der Waals surface area contributed by atoms with Crippen LogP contribution >= 0.6 is 0 Å². The summed E-state index contributed by atoms with van der Waals surface area (Å²) in [6.07, 6.45) is 1.47. The summed E-state index contributed by atoms with van der Waals surface area (Å²) in [4.78, 5) is 25.7. The molecule has 0 aliphatic carbocycles. The number of likely N-dealkylation sites (tertiary alicyclic amines) is 1. The Morgan fingerprint density at radius 2 is 2.05 bits per heavy atom. The second-order valence-electron chi connectivity index (χ2n) is 5.40. The summed E-state index contributed by atoms with van der Waals surface area (Å²) < 4.78 is 5.14. The van der Waals surface area contributed by atoms with Gasteiger partial charge in [0.15, 0.2) is 0 Å². The number of nitrogens with zero attached hydrogens (tertiary/aromatic N) is 1. The van der Waals surface area contributed by atoms with Crippen molar-refractivity contribution in [2.75, 3.05) is 19.4 Å². The molecule has 1 aromatic carbocycles. The Morgan fingerprint density at radius 1 is 1.33 bits per heavy atom. The van der Waals surface area contributed by atoms with Crippen molar-refractivity contribution in [2.24, 2.45) is 11.7 Å². The number of carbonyl (C=O) groups excluding carboxylic acids is 2. The zero-order valence-electron chi connectivity index (χ0n) is 12.3. The number of methoxy groups -OCH3 is 1. The lowest BCUT2D eigenvalue weighted by Crippen LogP contribution is -2.48. The smallest absolute Gasteiger partial charge is 0.256 e. The third-order valence-corrected chi connectivity index (χ3v) is 4.06. The number of anilines is 1. The Kier molecular flexibility index (Phi) is 4.35. The SMILES string of the molecule is COc1cccc(C(=O)N2CC(C(N)=O)CCC2C)c1N. The molecule has 2 rings (SSSR count). The van der Waals surface area contributed by atoms with Gasteiger partial charge < -0.3 is 21.1 Å². The number of nitrogen functional groups attached to an aromatic ring is 1. The van der Waals surface area contributed by atoms with E-state index in [1.54, 1.807) is 23.1 Å². The molecule has 0 bridgehead atoms. The molecule has 1 aromatic rings. The number of ether oxygens (including phenoxy) is 1. The first-order chi connectivity index (χ1) is 9.95. The van der Waals surface area contributed by atoms with Crippen molar-refractivity contribution in [1.82, 2.24) is 4.90 Å². The maximum Gasteiger partial charge on any atom is 0.256 e. The number of hydrogen-bond acceptors (Lipinski definition) is 4. The minimum atomic E-state index is -0.363. The lowest BCUT2D eigenvalue weighted by Gasteiger charge is -2.37. The van der Waals surface area contributed by atoms with Gasteiger partial charge in [-0.3, -0.25) is 9.59 Å². The summed E-state index contributed by atoms with van der Waals surface area (Å²) in [7, 11) is 1.51. The highest BCUT2D eigenvalue weighted by molar-refractivity contribution is 6.00. The fourth-order valence-corrected chi connectivity index (χ4v) is 2.69. The van der Waals surface area contributed by atoms with E-state index in [9.17, 15) is 9.59 Å². The van der Waals surface area contributed by atoms with Crippen molar-refractivity contribution < 1.29 is 14.3 Å². The van der Waals surface area contributed by atoms with Crippen LogP contribution in [0.25, 0.3) is 0 Å². The maximum absolute atomic E-state index is 12.7. The monoisotopic (exact) mass is 291 g/mol. The summed E-state index contributed by atoms with van der Waals surface area (Å²) >= 11 is 0. The molecule has 2 amide bonds. The highest BCUT2D eigenvalue weighted by atomic mass is 16.5. The molecule has 1 aliphatic heterocycles. The van der Waals surface area contributed by atoms with Crippen LogP contribution in [-0.2, 0) is 4.79 Å². The van der Waals surface area contributed by atoms with Gasteiger partial charge in [-0.05, 0) is 31.9 Å². The quantitative estimate of drug-likeness (QED) is 0.812. The molecule has 0 saturated carbocycles. The zero-order valence-corrected chi connectivity index (χ0v) is 12.3. The number of carbonyl (C=O) groups is 2. The molecule has 114 valence electrons. The van der Waals surface area contributed by atoms with Crippen LogP contribution in [-0.4, -0.2) is 36.4 Å². The van der Waals surface area contributed by atoms with Crippen molar-refractivity contribution in [3.8, 4) is 5.75 Å². The van der Waals surface area contributed by atoms with Gasteiger partial charge in [-0.25, -0.2) is 0 Å². The summed E-state index contributed by atoms with van der Waals surface area (Å²) in [6, 6.07) is 5.15. The average molecular weight is 291 g/mol. The van der Waals surface area contributed by atoms with E-state index in [2.05, 4.69) is 0 Å². The van der Waals surface area contributed by atoms with E-state index in [1.807, 2.05) is 6.92 Å². The number of piperidine rings is 1. The van der Waals surface area contributed by atoms with Gasteiger partial charge in [-0.2, -0.15) is 0 Å². The number of hydrogen-bond donors (Lipinski definition) is 2. The maximum atomic E-state index is 12.7. The Balaban J connectivity index is 2.28. The molecule has 1 fully saturated rings. The summed E-state index contributed by atoms with van der Waals surface area (Å²) in [6.45, 7) is 2.30. The summed E-state index contributed by atoms with van der Waals surface area (Å²) in [5.41, 5.74) is 12.1. The third kappa shape index (κ3) is 2.94. The van der Waals surface area contributed by atoms with Crippen LogP contribution in [0, 0.1) is 5.92 Å². The van der Waals surface area contributed by atoms with Gasteiger partial charge in [0.1, 0.15) is 5.75 Å². The van der Waals surface area contributed by atoms with Crippen LogP contribution in [0.3, 0.4) is 0 Å². The number of amides is 2. The number of nitrogens with two attached hydrogens (primary N) is 2. The molecule has 2 atom stereocenters. The second-order valence-corrected chi connectivity index (χ2v) is 5.40. The minimum Gasteiger partial charge on any atom is -0.495 e. The van der Waals surface area contributed by atoms with Crippen LogP contribution in [0.4, 0.5) is 5.69 Å². The van der Waals surface area contributed by atoms with Crippen molar-refractivity contribution in [3.63, 3.8) is 0 Å². The number of para-hydroxylation sites is 1. The molecular weight excluding hydrogens is 270 g/mol. The number of benzene rings is 1. The van der Waals surface area contributed by atoms with Gasteiger partial charge in [0.05, 0.1) is 24.3 Å². The normalized spacial score (nSPS) is 21.9. The third-order valence-electron chi connectivity index (χ3n) is 4.06. The predicted octanol–water partition coefficient (Wildman–Crippen LogP) is 1.00. The van der Waals surface area contributed by atoms with Gasteiger partial charge in [0.2, 0.25) is 5.91 Å². The van der Waals surface area contributed by atoms with E-state index in [4.69, 9.17) is 16.2 Å². The van der Waals surface area contributed by atoms with Crippen LogP contribution in [0.15, 0.2) is 18.2 Å². The predicted molar refractivity (Wildman–Crippen MR) is 79.8 cm³/mol. The highest BCUT2D eigenvalue weighted by Gasteiger charge is 2.32. The van der Waals surface area contributed by atoms with Crippen LogP contribution < -0.4 is 16.2 Å². The molecule has 0 spiro atoms. The fraction of sp³-hybridized carbons (Fsp3) is 0.467. The van der Waals surface area contributed by atoms with Gasteiger partial charge in [-0.15, -0.1) is 0 Å². The molecule has 21 heavy (non-hydrogen) atoms. The first-order valence-corrected chi connectivity index (χ1v) is 6.98.